The monoisotopic (exact) mass is 450 g/mol. The molecule has 2 aromatic carbocycles. The predicted octanol–water partition coefficient (Wildman–Crippen LogP) is 3.97. The van der Waals surface area contributed by atoms with Crippen molar-refractivity contribution in [3.8, 4) is 11.5 Å². The molecule has 7 heteroatoms. The van der Waals surface area contributed by atoms with Gasteiger partial charge in [-0.25, -0.2) is 0 Å². The van der Waals surface area contributed by atoms with Gasteiger partial charge < -0.3 is 20.1 Å². The Balaban J connectivity index is 1.91. The van der Waals surface area contributed by atoms with E-state index in [9.17, 15) is 29.7 Å². The Labute approximate surface area is 191 Å². The molecule has 0 aromatic heterocycles. The third kappa shape index (κ3) is 5.21. The van der Waals surface area contributed by atoms with Crippen LogP contribution in [0.3, 0.4) is 0 Å². The quantitative estimate of drug-likeness (QED) is 0.331. The summed E-state index contributed by atoms with van der Waals surface area (Å²) in [5.74, 6) is -3.03. The third-order valence-corrected chi connectivity index (χ3v) is 5.43. The van der Waals surface area contributed by atoms with Gasteiger partial charge in [-0.1, -0.05) is 42.0 Å². The molecule has 0 saturated heterocycles. The Bertz CT molecular complexity index is 1150. The van der Waals surface area contributed by atoms with E-state index in [1.54, 1.807) is 36.4 Å². The zero-order valence-corrected chi connectivity index (χ0v) is 18.7. The van der Waals surface area contributed by atoms with Gasteiger partial charge in [0.25, 0.3) is 0 Å². The maximum atomic E-state index is 13.2. The smallest absolute Gasteiger partial charge is 0.309 e. The van der Waals surface area contributed by atoms with Crippen LogP contribution in [0.5, 0.6) is 11.5 Å². The number of hydrogen-bond donors (Lipinski definition) is 3. The minimum absolute atomic E-state index is 0.112. The zero-order valence-electron chi connectivity index (χ0n) is 18.7. The molecule has 0 heterocycles. The highest BCUT2D eigenvalue weighted by atomic mass is 16.5. The van der Waals surface area contributed by atoms with Crippen molar-refractivity contribution in [1.82, 2.24) is 0 Å². The van der Waals surface area contributed by atoms with Crippen LogP contribution in [0.1, 0.15) is 59.9 Å². The molecule has 0 aliphatic heterocycles. The first-order chi connectivity index (χ1) is 15.5. The fourth-order valence-electron chi connectivity index (χ4n) is 3.68. The van der Waals surface area contributed by atoms with E-state index in [0.717, 1.165) is 23.8 Å². The minimum atomic E-state index is -1.50. The Kier molecular flexibility index (Phi) is 6.84. The number of benzene rings is 2. The molecule has 7 nitrogen and oxygen atoms in total. The largest absolute Gasteiger partial charge is 0.507 e. The molecular formula is C26H26O7. The van der Waals surface area contributed by atoms with E-state index in [4.69, 9.17) is 4.74 Å². The van der Waals surface area contributed by atoms with E-state index in [1.807, 2.05) is 13.8 Å². The highest BCUT2D eigenvalue weighted by Crippen LogP contribution is 2.36. The Hall–Kier alpha value is -3.71. The van der Waals surface area contributed by atoms with Gasteiger partial charge in [-0.3, -0.25) is 14.4 Å². The number of rotatable bonds is 7. The van der Waals surface area contributed by atoms with Gasteiger partial charge in [-0.2, -0.15) is 0 Å². The third-order valence-electron chi connectivity index (χ3n) is 5.43. The number of esters is 1. The first-order valence-corrected chi connectivity index (χ1v) is 10.5. The van der Waals surface area contributed by atoms with Gasteiger partial charge in [0, 0.05) is 12.0 Å². The van der Waals surface area contributed by atoms with Crippen LogP contribution in [0.4, 0.5) is 0 Å². The number of Topliss-reactive ketones (excluding diaryl/α,β-unsaturated/α-hetero) is 1. The molecule has 0 amide bonds. The van der Waals surface area contributed by atoms with Crippen molar-refractivity contribution < 1.29 is 34.4 Å². The molecule has 0 spiro atoms. The summed E-state index contributed by atoms with van der Waals surface area (Å²) >= 11 is 0. The van der Waals surface area contributed by atoms with Gasteiger partial charge in [-0.15, -0.1) is 0 Å². The van der Waals surface area contributed by atoms with Crippen LogP contribution in [0, 0.1) is 0 Å². The maximum Gasteiger partial charge on any atom is 0.309 e. The average Bonchev–Trinajstić information content (AvgIpc) is 2.75. The second kappa shape index (κ2) is 9.42. The fourth-order valence-corrected chi connectivity index (χ4v) is 3.68. The number of phenols is 2. The van der Waals surface area contributed by atoms with Crippen LogP contribution in [-0.2, 0) is 15.1 Å². The first-order valence-electron chi connectivity index (χ1n) is 10.5. The minimum Gasteiger partial charge on any atom is -0.507 e. The molecule has 0 saturated carbocycles. The van der Waals surface area contributed by atoms with E-state index in [1.165, 1.54) is 6.92 Å². The number of allylic oxidation sites excluding steroid dienone is 2. The van der Waals surface area contributed by atoms with Crippen molar-refractivity contribution in [2.75, 3.05) is 0 Å². The molecule has 0 bridgehead atoms. The summed E-state index contributed by atoms with van der Waals surface area (Å²) in [5, 5.41) is 31.0. The second-order valence-electron chi connectivity index (χ2n) is 8.46. The van der Waals surface area contributed by atoms with Crippen molar-refractivity contribution in [2.24, 2.45) is 0 Å². The summed E-state index contributed by atoms with van der Waals surface area (Å²) in [6, 6.07) is 10.9. The molecular weight excluding hydrogens is 424 g/mol. The van der Waals surface area contributed by atoms with E-state index in [-0.39, 0.29) is 29.5 Å². The number of hydrogen-bond acceptors (Lipinski definition) is 7. The molecule has 0 fully saturated rings. The molecule has 2 atom stereocenters. The highest BCUT2D eigenvalue weighted by molar-refractivity contribution is 6.27. The van der Waals surface area contributed by atoms with Crippen LogP contribution in [0.25, 0.3) is 0 Å². The van der Waals surface area contributed by atoms with Crippen LogP contribution >= 0.6 is 0 Å². The number of carbonyl (C=O) groups excluding carboxylic acids is 3. The van der Waals surface area contributed by atoms with Gasteiger partial charge in [0.2, 0.25) is 0 Å². The topological polar surface area (TPSA) is 121 Å². The Morgan fingerprint density at radius 3 is 2.24 bits per heavy atom. The lowest BCUT2D eigenvalue weighted by Gasteiger charge is -2.26. The standard InChI is InChI=1S/C26H26O7/c1-15(2)9-12-21(33-22(30)14-26(3,32)16-7-5-4-6-8-16)17-13-20(29)23-18(27)10-11-19(28)24(23)25(17)31/h4-11,13,21,27-28,32H,12,14H2,1-3H3/t21-,26?/m1/s1. The van der Waals surface area contributed by atoms with Crippen molar-refractivity contribution in [1.29, 1.82) is 0 Å². The van der Waals surface area contributed by atoms with Gasteiger partial charge >= 0.3 is 5.97 Å². The van der Waals surface area contributed by atoms with Crippen LogP contribution in [-0.4, -0.2) is 39.0 Å². The number of aliphatic hydroxyl groups is 1. The Morgan fingerprint density at radius 2 is 1.64 bits per heavy atom. The summed E-state index contributed by atoms with van der Waals surface area (Å²) in [7, 11) is 0. The van der Waals surface area contributed by atoms with Gasteiger partial charge in [0.1, 0.15) is 17.6 Å². The van der Waals surface area contributed by atoms with E-state index >= 15 is 0 Å². The molecule has 1 unspecified atom stereocenters. The van der Waals surface area contributed by atoms with Crippen molar-refractivity contribution in [3.05, 3.63) is 82.5 Å². The van der Waals surface area contributed by atoms with Gasteiger partial charge in [-0.05, 0) is 44.5 Å². The number of ketones is 2. The number of fused-ring (bicyclic) bond motifs is 1. The van der Waals surface area contributed by atoms with E-state index in [2.05, 4.69) is 0 Å². The van der Waals surface area contributed by atoms with Crippen LogP contribution in [0.15, 0.2) is 65.8 Å². The predicted molar refractivity (Wildman–Crippen MR) is 121 cm³/mol. The number of phenolic OH excluding ortho intramolecular Hbond substituents is 2. The lowest BCUT2D eigenvalue weighted by atomic mass is 9.85. The van der Waals surface area contributed by atoms with E-state index < -0.39 is 40.7 Å². The van der Waals surface area contributed by atoms with Crippen LogP contribution in [0.2, 0.25) is 0 Å². The lowest BCUT2D eigenvalue weighted by Crippen LogP contribution is -2.32. The molecule has 3 N–H and O–H groups in total. The number of aromatic hydroxyl groups is 2. The molecule has 2 aromatic rings. The Morgan fingerprint density at radius 1 is 1.03 bits per heavy atom. The fraction of sp³-hybridized carbons (Fsp3) is 0.269. The maximum absolute atomic E-state index is 13.2. The normalized spacial score (nSPS) is 15.7. The van der Waals surface area contributed by atoms with Crippen LogP contribution < -0.4 is 0 Å². The SMILES string of the molecule is CC(C)=CC[C@@H](OC(=O)CC(C)(O)c1ccccc1)C1=CC(=O)c2c(O)ccc(O)c2C1=O. The van der Waals surface area contributed by atoms with Crippen molar-refractivity contribution >= 4 is 17.5 Å². The molecule has 1 aliphatic rings. The first kappa shape index (κ1) is 23.9. The highest BCUT2D eigenvalue weighted by Gasteiger charge is 2.36. The summed E-state index contributed by atoms with van der Waals surface area (Å²) in [6.07, 6.45) is 1.40. The van der Waals surface area contributed by atoms with Crippen molar-refractivity contribution in [2.45, 2.75) is 45.3 Å². The molecule has 1 aliphatic carbocycles. The lowest BCUT2D eigenvalue weighted by molar-refractivity contribution is -0.152. The molecule has 172 valence electrons. The van der Waals surface area contributed by atoms with Crippen molar-refractivity contribution in [3.63, 3.8) is 0 Å². The van der Waals surface area contributed by atoms with E-state index in [0.29, 0.717) is 5.56 Å². The average molecular weight is 450 g/mol. The molecule has 0 radical (unpaired) electrons. The molecule has 3 rings (SSSR count). The number of ether oxygens (including phenoxy) is 1. The number of carbonyl (C=O) groups is 3. The van der Waals surface area contributed by atoms with Gasteiger partial charge in [0.15, 0.2) is 11.6 Å². The second-order valence-corrected chi connectivity index (χ2v) is 8.46. The molecule has 33 heavy (non-hydrogen) atoms. The van der Waals surface area contributed by atoms with Gasteiger partial charge in [0.05, 0.1) is 23.1 Å². The summed E-state index contributed by atoms with van der Waals surface area (Å²) in [6.45, 7) is 5.15. The summed E-state index contributed by atoms with van der Waals surface area (Å²) in [4.78, 5) is 38.6. The summed E-state index contributed by atoms with van der Waals surface area (Å²) in [5.41, 5.74) is -0.797. The summed E-state index contributed by atoms with van der Waals surface area (Å²) < 4.78 is 5.57. The zero-order chi connectivity index (χ0) is 24.3.